The highest BCUT2D eigenvalue weighted by atomic mass is 31.2. The van der Waals surface area contributed by atoms with E-state index in [9.17, 15) is 14.9 Å². The van der Waals surface area contributed by atoms with Crippen molar-refractivity contribution in [3.05, 3.63) is 155 Å². The van der Waals surface area contributed by atoms with Crippen LogP contribution in [-0.4, -0.2) is 63.2 Å². The molecular weight excluding hydrogens is 805 g/mol. The molecule has 0 radical (unpaired) electrons. The number of fused-ring (bicyclic) bond motifs is 1. The van der Waals surface area contributed by atoms with Crippen molar-refractivity contribution in [1.82, 2.24) is 24.6 Å². The number of carbonyl (C=O) groups excluding carboxylic acids is 1. The Kier molecular flexibility index (Phi) is 12.7. The van der Waals surface area contributed by atoms with Crippen LogP contribution in [0.2, 0.25) is 0 Å². The average Bonchev–Trinajstić information content (AvgIpc) is 3.81. The fourth-order valence-electron chi connectivity index (χ4n) is 7.22. The monoisotopic (exact) mass is 849 g/mol. The summed E-state index contributed by atoms with van der Waals surface area (Å²) in [6, 6.07) is 34.4. The molecule has 61 heavy (non-hydrogen) atoms. The van der Waals surface area contributed by atoms with Crippen LogP contribution in [0.4, 0.5) is 10.2 Å². The minimum Gasteiger partial charge on any atom is -0.497 e. The first kappa shape index (κ1) is 42.8. The van der Waals surface area contributed by atoms with Crippen molar-refractivity contribution in [3.8, 4) is 11.5 Å². The Hall–Kier alpha value is -6.35. The van der Waals surface area contributed by atoms with Gasteiger partial charge in [-0.1, -0.05) is 103 Å². The van der Waals surface area contributed by atoms with Crippen LogP contribution in [0.3, 0.4) is 0 Å². The fraction of sp³-hybridized carbons (Fsp3) is 0.302. The van der Waals surface area contributed by atoms with E-state index in [1.165, 1.54) is 43.2 Å². The number of halogens is 1. The number of hydrogen-bond acceptors (Lipinski definition) is 12. The molecule has 2 aromatic heterocycles. The Morgan fingerprint density at radius 1 is 0.934 bits per heavy atom. The molecule has 0 bridgehead atoms. The maximum atomic E-state index is 16.7. The Bertz CT molecular complexity index is 2490. The first-order valence-corrected chi connectivity index (χ1v) is 21.0. The van der Waals surface area contributed by atoms with Gasteiger partial charge in [0.1, 0.15) is 29.4 Å². The molecule has 6 atom stereocenters. The highest BCUT2D eigenvalue weighted by Gasteiger charge is 2.56. The smallest absolute Gasteiger partial charge is 0.459 e. The van der Waals surface area contributed by atoms with E-state index in [0.717, 1.165) is 16.7 Å². The standard InChI is InChI=1S/C43H45FN9O7P/c1-28(2)58-41(54)30(4)50-61(55,60-35-19-13-8-14-20-35)57-25-42(51-52-45)29(3)36(44)40(59-42)53-27-48-37-38(46-26-47-39(37)53)49-43(31-15-9-6-10-16-31,32-17-11-7-12-18-32)33-21-23-34(56-5)24-22-33/h6-24,26-30,36,40H,25H2,1-5H3,(H,50,55)(H,46,47,49)/t29-,30-,36+,40+,42+,61?/m0/s1. The SMILES string of the molecule is COc1ccc(C(Nc2ncnc3c2ncn3[C@@H]2O[C@@](COP(=O)(N[C@@H](C)C(=O)OC(C)C)Oc3ccccc3)(N=[N+]=[N-])[C@@H](C)[C@H]2F)(c2ccccc2)c2ccccc2)cc1. The number of nitrogens with one attached hydrogen (secondary N) is 2. The number of alkyl halides is 1. The van der Waals surface area contributed by atoms with Gasteiger partial charge in [-0.2, -0.15) is 5.09 Å². The van der Waals surface area contributed by atoms with E-state index in [-0.39, 0.29) is 11.4 Å². The lowest BCUT2D eigenvalue weighted by atomic mass is 9.77. The summed E-state index contributed by atoms with van der Waals surface area (Å²) in [5.41, 5.74) is 9.83. The third kappa shape index (κ3) is 8.78. The molecule has 316 valence electrons. The first-order valence-electron chi connectivity index (χ1n) is 19.5. The molecular formula is C43H45FN9O7P. The number of para-hydroxylation sites is 1. The van der Waals surface area contributed by atoms with Gasteiger partial charge in [-0.05, 0) is 67.3 Å². The van der Waals surface area contributed by atoms with Gasteiger partial charge in [0.25, 0.3) is 0 Å². The Morgan fingerprint density at radius 3 is 2.13 bits per heavy atom. The topological polar surface area (TPSA) is 197 Å². The number of azide groups is 1. The molecule has 1 unspecified atom stereocenters. The Labute approximate surface area is 351 Å². The second kappa shape index (κ2) is 18.1. The Balaban J connectivity index is 1.24. The van der Waals surface area contributed by atoms with Crippen molar-refractivity contribution < 1.29 is 37.0 Å². The summed E-state index contributed by atoms with van der Waals surface area (Å²) in [5.74, 6) is -0.733. The van der Waals surface area contributed by atoms with Gasteiger partial charge in [0.05, 0.1) is 26.1 Å². The number of aromatic nitrogens is 4. The van der Waals surface area contributed by atoms with Gasteiger partial charge < -0.3 is 24.1 Å². The fourth-order valence-corrected chi connectivity index (χ4v) is 8.74. The van der Waals surface area contributed by atoms with E-state index in [4.69, 9.17) is 23.3 Å². The number of rotatable bonds is 17. The molecule has 1 aliphatic rings. The Morgan fingerprint density at radius 2 is 1.54 bits per heavy atom. The third-order valence-corrected chi connectivity index (χ3v) is 12.0. The minimum atomic E-state index is -4.48. The van der Waals surface area contributed by atoms with Crippen molar-refractivity contribution in [2.45, 2.75) is 63.5 Å². The van der Waals surface area contributed by atoms with Crippen molar-refractivity contribution in [2.75, 3.05) is 19.0 Å². The third-order valence-electron chi connectivity index (χ3n) is 10.3. The summed E-state index contributed by atoms with van der Waals surface area (Å²) in [5, 5.41) is 10.2. The quantitative estimate of drug-likeness (QED) is 0.0221. The molecule has 2 N–H and O–H groups in total. The molecule has 0 amide bonds. The maximum Gasteiger partial charge on any atom is 0.459 e. The number of nitrogens with zero attached hydrogens (tertiary/aromatic N) is 7. The van der Waals surface area contributed by atoms with Gasteiger partial charge in [0.15, 0.2) is 35.1 Å². The first-order chi connectivity index (χ1) is 29.4. The molecule has 7 rings (SSSR count). The molecule has 0 spiro atoms. The zero-order chi connectivity index (χ0) is 43.2. The van der Waals surface area contributed by atoms with E-state index in [0.29, 0.717) is 17.1 Å². The summed E-state index contributed by atoms with van der Waals surface area (Å²) >= 11 is 0. The van der Waals surface area contributed by atoms with E-state index in [1.807, 2.05) is 84.9 Å². The summed E-state index contributed by atoms with van der Waals surface area (Å²) in [6.45, 7) is 5.50. The number of hydrogen-bond donors (Lipinski definition) is 2. The van der Waals surface area contributed by atoms with Crippen LogP contribution >= 0.6 is 7.75 Å². The van der Waals surface area contributed by atoms with Crippen LogP contribution in [0.15, 0.2) is 133 Å². The molecule has 16 nitrogen and oxygen atoms in total. The highest BCUT2D eigenvalue weighted by molar-refractivity contribution is 7.52. The largest absolute Gasteiger partial charge is 0.497 e. The zero-order valence-corrected chi connectivity index (χ0v) is 34.9. The van der Waals surface area contributed by atoms with E-state index in [2.05, 4.69) is 35.4 Å². The minimum absolute atomic E-state index is 0.145. The number of carbonyl (C=O) groups is 1. The van der Waals surface area contributed by atoms with Gasteiger partial charge >= 0.3 is 13.7 Å². The molecule has 3 heterocycles. The molecule has 0 aliphatic carbocycles. The van der Waals surface area contributed by atoms with E-state index < -0.39 is 62.0 Å². The molecule has 0 saturated carbocycles. The number of ether oxygens (including phenoxy) is 3. The van der Waals surface area contributed by atoms with Crippen LogP contribution in [0.5, 0.6) is 11.5 Å². The van der Waals surface area contributed by atoms with Gasteiger partial charge in [-0.15, -0.1) is 0 Å². The van der Waals surface area contributed by atoms with Crippen LogP contribution in [-0.2, 0) is 28.9 Å². The number of esters is 1. The lowest BCUT2D eigenvalue weighted by Gasteiger charge is -2.37. The second-order valence-electron chi connectivity index (χ2n) is 14.7. The second-order valence-corrected chi connectivity index (χ2v) is 16.4. The van der Waals surface area contributed by atoms with Gasteiger partial charge in [-0.25, -0.2) is 23.9 Å². The van der Waals surface area contributed by atoms with Crippen LogP contribution in [0.25, 0.3) is 21.6 Å². The van der Waals surface area contributed by atoms with Gasteiger partial charge in [0.2, 0.25) is 0 Å². The molecule has 1 saturated heterocycles. The van der Waals surface area contributed by atoms with Crippen LogP contribution in [0.1, 0.15) is 50.6 Å². The van der Waals surface area contributed by atoms with Gasteiger partial charge in [-0.3, -0.25) is 13.9 Å². The molecule has 4 aromatic carbocycles. The van der Waals surface area contributed by atoms with E-state index in [1.54, 1.807) is 39.2 Å². The highest BCUT2D eigenvalue weighted by Crippen LogP contribution is 2.51. The van der Waals surface area contributed by atoms with Crippen molar-refractivity contribution >= 4 is 30.7 Å². The molecule has 6 aromatic rings. The number of methoxy groups -OCH3 is 1. The predicted molar refractivity (Wildman–Crippen MR) is 225 cm³/mol. The zero-order valence-electron chi connectivity index (χ0n) is 34.0. The number of anilines is 1. The van der Waals surface area contributed by atoms with Crippen molar-refractivity contribution in [2.24, 2.45) is 11.0 Å². The molecule has 1 aliphatic heterocycles. The lowest BCUT2D eigenvalue weighted by Crippen LogP contribution is -2.41. The maximum absolute atomic E-state index is 16.7. The lowest BCUT2D eigenvalue weighted by molar-refractivity contribution is -0.149. The molecule has 18 heteroatoms. The van der Waals surface area contributed by atoms with Crippen molar-refractivity contribution in [1.29, 1.82) is 0 Å². The summed E-state index contributed by atoms with van der Waals surface area (Å²) in [6.07, 6.45) is -1.02. The summed E-state index contributed by atoms with van der Waals surface area (Å²) in [4.78, 5) is 29.5. The van der Waals surface area contributed by atoms with E-state index >= 15 is 4.39 Å². The normalized spacial score (nSPS) is 20.3. The van der Waals surface area contributed by atoms with Crippen molar-refractivity contribution in [3.63, 3.8) is 0 Å². The molecule has 1 fully saturated rings. The number of imidazole rings is 1. The average molecular weight is 850 g/mol. The number of benzene rings is 4. The van der Waals surface area contributed by atoms with Crippen LogP contribution < -0.4 is 19.7 Å². The van der Waals surface area contributed by atoms with Crippen LogP contribution in [0, 0.1) is 5.92 Å². The predicted octanol–water partition coefficient (Wildman–Crippen LogP) is 8.88. The summed E-state index contributed by atoms with van der Waals surface area (Å²) < 4.78 is 61.2. The summed E-state index contributed by atoms with van der Waals surface area (Å²) in [7, 11) is -2.87. The van der Waals surface area contributed by atoms with Gasteiger partial charge in [0, 0.05) is 10.8 Å².